The smallest absolute Gasteiger partial charge is 0.427 e. The highest BCUT2D eigenvalue weighted by Gasteiger charge is 2.03. The lowest BCUT2D eigenvalue weighted by Gasteiger charge is -2.12. The second-order valence-corrected chi connectivity index (χ2v) is 1.75. The van der Waals surface area contributed by atoms with E-state index in [0.717, 1.165) is 0 Å². The highest BCUT2D eigenvalue weighted by Crippen LogP contribution is 1.72. The molecule has 4 heteroatoms. The van der Waals surface area contributed by atoms with Gasteiger partial charge < -0.3 is 17.1 Å². The van der Waals surface area contributed by atoms with E-state index in [1.54, 1.807) is 12.3 Å². The number of hydrogen-bond acceptors (Lipinski definition) is 2. The maximum absolute atomic E-state index is 10.4. The summed E-state index contributed by atoms with van der Waals surface area (Å²) in [5.74, 6) is 0. The number of hydrogen-bond donors (Lipinski definition) is 1. The van der Waals surface area contributed by atoms with E-state index in [0.29, 0.717) is 0 Å². The van der Waals surface area contributed by atoms with Crippen LogP contribution < -0.4 is 4.31 Å². The summed E-state index contributed by atoms with van der Waals surface area (Å²) in [7, 11) is 0. The van der Waals surface area contributed by atoms with Gasteiger partial charge >= 0.3 is 6.03 Å². The molecule has 2 amide bonds. The van der Waals surface area contributed by atoms with Crippen LogP contribution in [-0.2, 0) is 12.8 Å². The van der Waals surface area contributed by atoms with Crippen LogP contribution in [0.25, 0.3) is 0 Å². The van der Waals surface area contributed by atoms with Crippen molar-refractivity contribution in [2.24, 2.45) is 4.99 Å². The molecule has 1 unspecified atom stereocenters. The van der Waals surface area contributed by atoms with Crippen molar-refractivity contribution in [3.63, 3.8) is 0 Å². The molecule has 1 heterocycles. The zero-order valence-corrected chi connectivity index (χ0v) is 4.81. The van der Waals surface area contributed by atoms with E-state index in [1.165, 1.54) is 6.21 Å². The quantitative estimate of drug-likeness (QED) is 0.427. The van der Waals surface area contributed by atoms with Crippen molar-refractivity contribution in [3.8, 4) is 0 Å². The molecule has 0 radical (unpaired) electrons. The molecule has 0 bridgehead atoms. The molecule has 0 spiro atoms. The Labute approximate surface area is 52.2 Å². The average molecular weight is 128 g/mol. The van der Waals surface area contributed by atoms with E-state index in [2.05, 4.69) is 17.8 Å². The summed E-state index contributed by atoms with van der Waals surface area (Å²) < 4.78 is 0.285. The summed E-state index contributed by atoms with van der Waals surface area (Å²) in [6, 6.07) is -0.317. The third-order valence-electron chi connectivity index (χ3n) is 0.736. The number of amides is 2. The molecule has 0 aromatic heterocycles. The maximum Gasteiger partial charge on any atom is 0.427 e. The number of urea groups is 1. The minimum atomic E-state index is -0.317. The van der Waals surface area contributed by atoms with Gasteiger partial charge in [-0.2, -0.15) is 4.99 Å². The normalized spacial score (nSPS) is 26.6. The van der Waals surface area contributed by atoms with Gasteiger partial charge in [0.05, 0.1) is 6.20 Å². The monoisotopic (exact) mass is 128 g/mol. The van der Waals surface area contributed by atoms with E-state index in [9.17, 15) is 4.79 Å². The molecule has 0 fully saturated rings. The van der Waals surface area contributed by atoms with Gasteiger partial charge in [-0.15, -0.1) is 0 Å². The second kappa shape index (κ2) is 2.11. The molecule has 1 rings (SSSR count). The SMILES string of the molecule is O=C1N=CC=C[NH+]1[S-]. The van der Waals surface area contributed by atoms with Crippen molar-refractivity contribution in [3.05, 3.63) is 12.3 Å². The van der Waals surface area contributed by atoms with Crippen LogP contribution in [0.1, 0.15) is 0 Å². The second-order valence-electron chi connectivity index (χ2n) is 1.31. The molecule has 0 saturated carbocycles. The Morgan fingerprint density at radius 1 is 1.75 bits per heavy atom. The number of allylic oxidation sites excluding steroid dienone is 1. The highest BCUT2D eigenvalue weighted by molar-refractivity contribution is 7.51. The van der Waals surface area contributed by atoms with Crippen LogP contribution in [0, 0.1) is 0 Å². The van der Waals surface area contributed by atoms with Gasteiger partial charge in [0.15, 0.2) is 0 Å². The van der Waals surface area contributed by atoms with Crippen molar-refractivity contribution in [1.29, 1.82) is 0 Å². The molecule has 1 aliphatic rings. The molecule has 1 N–H and O–H groups in total. The molecule has 1 atom stereocenters. The summed E-state index contributed by atoms with van der Waals surface area (Å²) in [6.45, 7) is 0. The van der Waals surface area contributed by atoms with E-state index >= 15 is 0 Å². The van der Waals surface area contributed by atoms with Gasteiger partial charge in [-0.3, -0.25) is 0 Å². The van der Waals surface area contributed by atoms with Gasteiger partial charge in [-0.05, 0) is 0 Å². The van der Waals surface area contributed by atoms with Gasteiger partial charge in [-0.25, -0.2) is 4.79 Å². The minimum absolute atomic E-state index is 0.285. The maximum atomic E-state index is 10.4. The summed E-state index contributed by atoms with van der Waals surface area (Å²) >= 11 is 4.58. The Morgan fingerprint density at radius 3 is 2.88 bits per heavy atom. The van der Waals surface area contributed by atoms with Crippen LogP contribution in [0.4, 0.5) is 4.79 Å². The molecule has 8 heavy (non-hydrogen) atoms. The molecule has 3 nitrogen and oxygen atoms in total. The molecule has 0 saturated heterocycles. The van der Waals surface area contributed by atoms with Crippen molar-refractivity contribution >= 4 is 25.1 Å². The van der Waals surface area contributed by atoms with E-state index in [1.807, 2.05) is 0 Å². The fourth-order valence-electron chi connectivity index (χ4n) is 0.376. The first-order valence-corrected chi connectivity index (χ1v) is 2.50. The first-order valence-electron chi connectivity index (χ1n) is 2.10. The first kappa shape index (κ1) is 5.53. The Hall–Kier alpha value is -0.610. The number of carbonyl (C=O) groups excluding carboxylic acids is 1. The predicted octanol–water partition coefficient (Wildman–Crippen LogP) is -0.949. The van der Waals surface area contributed by atoms with Gasteiger partial charge in [0.2, 0.25) is 0 Å². The van der Waals surface area contributed by atoms with Crippen LogP contribution in [0.3, 0.4) is 0 Å². The first-order chi connectivity index (χ1) is 3.80. The number of nitrogens with zero attached hydrogens (tertiary/aromatic N) is 1. The third-order valence-corrected chi connectivity index (χ3v) is 1.05. The third kappa shape index (κ3) is 0.962. The summed E-state index contributed by atoms with van der Waals surface area (Å²) in [5.41, 5.74) is 0. The number of nitrogens with one attached hydrogen (secondary N) is 1. The Balaban J connectivity index is 2.74. The minimum Gasteiger partial charge on any atom is -0.479 e. The topological polar surface area (TPSA) is 33.9 Å². The average Bonchev–Trinajstić information content (AvgIpc) is 1.77. The van der Waals surface area contributed by atoms with Crippen molar-refractivity contribution in [1.82, 2.24) is 0 Å². The fraction of sp³-hybridized carbons (Fsp3) is 0. The van der Waals surface area contributed by atoms with Gasteiger partial charge in [-0.1, -0.05) is 0 Å². The Bertz CT molecular complexity index is 163. The largest absolute Gasteiger partial charge is 0.479 e. The summed E-state index contributed by atoms with van der Waals surface area (Å²) in [5, 5.41) is 0. The van der Waals surface area contributed by atoms with Crippen LogP contribution >= 0.6 is 0 Å². The lowest BCUT2D eigenvalue weighted by Crippen LogP contribution is -3.05. The highest BCUT2D eigenvalue weighted by atomic mass is 32.1. The van der Waals surface area contributed by atoms with Crippen LogP contribution in [0.2, 0.25) is 0 Å². The number of rotatable bonds is 0. The zero-order chi connectivity index (χ0) is 5.98. The van der Waals surface area contributed by atoms with Crippen LogP contribution in [0.5, 0.6) is 0 Å². The zero-order valence-electron chi connectivity index (χ0n) is 4.00. The van der Waals surface area contributed by atoms with E-state index < -0.39 is 0 Å². The number of carbonyl (C=O) groups is 1. The van der Waals surface area contributed by atoms with Gasteiger partial charge in [0.1, 0.15) is 0 Å². The standard InChI is InChI=1S/C4H4N2OS/c7-4-5-2-1-3-6(4)8/h1-3,6H. The van der Waals surface area contributed by atoms with E-state index in [-0.39, 0.29) is 10.3 Å². The number of aliphatic imine (C=N–C) groups is 1. The lowest BCUT2D eigenvalue weighted by molar-refractivity contribution is -0.588. The predicted molar refractivity (Wildman–Crippen MR) is 31.4 cm³/mol. The summed E-state index contributed by atoms with van der Waals surface area (Å²) in [6.07, 6.45) is 4.63. The van der Waals surface area contributed by atoms with Gasteiger partial charge in [0.25, 0.3) is 0 Å². The van der Waals surface area contributed by atoms with Crippen molar-refractivity contribution < 1.29 is 9.10 Å². The Morgan fingerprint density at radius 2 is 2.50 bits per heavy atom. The molecular weight excluding hydrogens is 124 g/mol. The lowest BCUT2D eigenvalue weighted by atomic mass is 10.6. The van der Waals surface area contributed by atoms with Crippen LogP contribution in [-0.4, -0.2) is 12.2 Å². The number of quaternary nitrogens is 1. The Kier molecular flexibility index (Phi) is 1.45. The van der Waals surface area contributed by atoms with Crippen molar-refractivity contribution in [2.45, 2.75) is 0 Å². The van der Waals surface area contributed by atoms with E-state index in [4.69, 9.17) is 0 Å². The van der Waals surface area contributed by atoms with Crippen molar-refractivity contribution in [2.75, 3.05) is 0 Å². The molecule has 0 aromatic carbocycles. The van der Waals surface area contributed by atoms with Crippen LogP contribution in [0.15, 0.2) is 17.3 Å². The molecule has 42 valence electrons. The molecule has 1 aliphatic heterocycles. The van der Waals surface area contributed by atoms with Gasteiger partial charge in [0, 0.05) is 12.3 Å². The summed E-state index contributed by atoms with van der Waals surface area (Å²) in [4.78, 5) is 13.8. The molecule has 0 aliphatic carbocycles. The molecular formula is C4H4N2OS. The molecule has 0 aromatic rings. The fourth-order valence-corrected chi connectivity index (χ4v) is 0.507.